The molecule has 1 fully saturated rings. The minimum atomic E-state index is -0.771. The number of hydrogen-bond donors (Lipinski definition) is 2. The summed E-state index contributed by atoms with van der Waals surface area (Å²) in [6.45, 7) is 5.78. The molecule has 1 aromatic heterocycles. The molecule has 1 saturated heterocycles. The van der Waals surface area contributed by atoms with Crippen LogP contribution in [0, 0.1) is 0 Å². The molecule has 0 aromatic carbocycles. The van der Waals surface area contributed by atoms with Crippen molar-refractivity contribution in [3.8, 4) is 5.75 Å². The van der Waals surface area contributed by atoms with E-state index in [-0.39, 0.29) is 6.10 Å². The fourth-order valence-corrected chi connectivity index (χ4v) is 2.35. The fraction of sp³-hybridized carbons (Fsp3) is 0.643. The zero-order chi connectivity index (χ0) is 13.0. The molecule has 1 aliphatic rings. The lowest BCUT2D eigenvalue weighted by Crippen LogP contribution is -2.27. The molecule has 100 valence electrons. The molecule has 0 bridgehead atoms. The molecular formula is C14H22N2O2. The van der Waals surface area contributed by atoms with Gasteiger partial charge in [-0.3, -0.25) is 4.98 Å². The van der Waals surface area contributed by atoms with Crippen LogP contribution in [0.5, 0.6) is 5.75 Å². The van der Waals surface area contributed by atoms with E-state index >= 15 is 0 Å². The van der Waals surface area contributed by atoms with Gasteiger partial charge in [0.25, 0.3) is 0 Å². The quantitative estimate of drug-likeness (QED) is 0.859. The van der Waals surface area contributed by atoms with Crippen molar-refractivity contribution in [2.45, 2.75) is 44.8 Å². The van der Waals surface area contributed by atoms with Crippen molar-refractivity contribution < 1.29 is 9.84 Å². The Morgan fingerprint density at radius 1 is 1.33 bits per heavy atom. The third kappa shape index (κ3) is 3.21. The smallest absolute Gasteiger partial charge is 0.138 e. The van der Waals surface area contributed by atoms with Crippen LogP contribution in [0.1, 0.15) is 38.7 Å². The highest BCUT2D eigenvalue weighted by Gasteiger charge is 2.30. The normalized spacial score (nSPS) is 24.9. The molecule has 2 N–H and O–H groups in total. The van der Waals surface area contributed by atoms with Crippen molar-refractivity contribution in [1.29, 1.82) is 0 Å². The van der Waals surface area contributed by atoms with E-state index < -0.39 is 5.60 Å². The van der Waals surface area contributed by atoms with E-state index in [1.807, 2.05) is 19.9 Å². The number of hydrogen-bond acceptors (Lipinski definition) is 4. The van der Waals surface area contributed by atoms with Crippen LogP contribution in [0.3, 0.4) is 0 Å². The lowest BCUT2D eigenvalue weighted by molar-refractivity contribution is 0.0233. The SMILES string of the molecule is CC(C)Oc1cncc(C2(O)CCCNCC2)c1. The number of ether oxygens (including phenoxy) is 1. The molecule has 4 nitrogen and oxygen atoms in total. The Bertz CT molecular complexity index is 385. The fourth-order valence-electron chi connectivity index (χ4n) is 2.35. The standard InChI is InChI=1S/C14H22N2O2/c1-11(2)18-13-8-12(9-16-10-13)14(17)4-3-6-15-7-5-14/h8-11,15,17H,3-7H2,1-2H3. The molecule has 1 aliphatic heterocycles. The first-order chi connectivity index (χ1) is 8.60. The van der Waals surface area contributed by atoms with E-state index in [1.54, 1.807) is 12.4 Å². The summed E-state index contributed by atoms with van der Waals surface area (Å²) in [7, 11) is 0. The summed E-state index contributed by atoms with van der Waals surface area (Å²) < 4.78 is 5.63. The van der Waals surface area contributed by atoms with E-state index in [1.165, 1.54) is 0 Å². The van der Waals surface area contributed by atoms with Crippen LogP contribution >= 0.6 is 0 Å². The number of aliphatic hydroxyl groups is 1. The molecule has 0 radical (unpaired) electrons. The van der Waals surface area contributed by atoms with Crippen LogP contribution in [0.15, 0.2) is 18.5 Å². The molecule has 0 saturated carbocycles. The van der Waals surface area contributed by atoms with Gasteiger partial charge in [0.1, 0.15) is 5.75 Å². The first-order valence-corrected chi connectivity index (χ1v) is 6.65. The zero-order valence-electron chi connectivity index (χ0n) is 11.1. The average Bonchev–Trinajstić information content (AvgIpc) is 2.55. The van der Waals surface area contributed by atoms with E-state index in [9.17, 15) is 5.11 Å². The Labute approximate surface area is 108 Å². The predicted octanol–water partition coefficient (Wildman–Crippen LogP) is 1.83. The first-order valence-electron chi connectivity index (χ1n) is 6.65. The third-order valence-corrected chi connectivity index (χ3v) is 3.28. The Hall–Kier alpha value is -1.13. The summed E-state index contributed by atoms with van der Waals surface area (Å²) in [5, 5.41) is 14.1. The van der Waals surface area contributed by atoms with E-state index in [4.69, 9.17) is 4.74 Å². The van der Waals surface area contributed by atoms with Crippen molar-refractivity contribution in [3.05, 3.63) is 24.0 Å². The maximum atomic E-state index is 10.7. The highest BCUT2D eigenvalue weighted by Crippen LogP contribution is 2.32. The van der Waals surface area contributed by atoms with Gasteiger partial charge in [-0.05, 0) is 52.3 Å². The molecule has 0 amide bonds. The Balaban J connectivity index is 2.20. The van der Waals surface area contributed by atoms with Gasteiger partial charge in [0.15, 0.2) is 0 Å². The summed E-state index contributed by atoms with van der Waals surface area (Å²) >= 11 is 0. The van der Waals surface area contributed by atoms with Gasteiger partial charge in [-0.15, -0.1) is 0 Å². The van der Waals surface area contributed by atoms with Gasteiger partial charge in [-0.1, -0.05) is 0 Å². The van der Waals surface area contributed by atoms with Gasteiger partial charge in [0.2, 0.25) is 0 Å². The Morgan fingerprint density at radius 3 is 2.94 bits per heavy atom. The molecule has 1 atom stereocenters. The molecule has 0 aliphatic carbocycles. The summed E-state index contributed by atoms with van der Waals surface area (Å²) in [6.07, 6.45) is 6.03. The van der Waals surface area contributed by atoms with Crippen LogP contribution in [-0.2, 0) is 5.60 Å². The Kier molecular flexibility index (Phi) is 4.19. The van der Waals surface area contributed by atoms with Crippen molar-refractivity contribution in [3.63, 3.8) is 0 Å². The number of nitrogens with zero attached hydrogens (tertiary/aromatic N) is 1. The molecular weight excluding hydrogens is 228 g/mol. The summed E-state index contributed by atoms with van der Waals surface area (Å²) in [5.74, 6) is 0.730. The topological polar surface area (TPSA) is 54.4 Å². The van der Waals surface area contributed by atoms with Crippen molar-refractivity contribution in [2.24, 2.45) is 0 Å². The molecule has 18 heavy (non-hydrogen) atoms. The average molecular weight is 250 g/mol. The highest BCUT2D eigenvalue weighted by atomic mass is 16.5. The van der Waals surface area contributed by atoms with Crippen LogP contribution in [0.2, 0.25) is 0 Å². The van der Waals surface area contributed by atoms with Gasteiger partial charge in [-0.2, -0.15) is 0 Å². The molecule has 0 spiro atoms. The van der Waals surface area contributed by atoms with E-state index in [0.717, 1.165) is 43.7 Å². The van der Waals surface area contributed by atoms with Gasteiger partial charge < -0.3 is 15.2 Å². The first kappa shape index (κ1) is 13.3. The maximum absolute atomic E-state index is 10.7. The zero-order valence-corrected chi connectivity index (χ0v) is 11.1. The van der Waals surface area contributed by atoms with Gasteiger partial charge in [0, 0.05) is 11.8 Å². The number of pyridine rings is 1. The molecule has 4 heteroatoms. The van der Waals surface area contributed by atoms with Crippen LogP contribution < -0.4 is 10.1 Å². The van der Waals surface area contributed by atoms with E-state index in [2.05, 4.69) is 10.3 Å². The Morgan fingerprint density at radius 2 is 2.17 bits per heavy atom. The molecule has 1 aromatic rings. The molecule has 1 unspecified atom stereocenters. The minimum absolute atomic E-state index is 0.118. The lowest BCUT2D eigenvalue weighted by Gasteiger charge is -2.27. The van der Waals surface area contributed by atoms with Gasteiger partial charge in [-0.25, -0.2) is 0 Å². The van der Waals surface area contributed by atoms with Gasteiger partial charge in [0.05, 0.1) is 17.9 Å². The summed E-state index contributed by atoms with van der Waals surface area (Å²) in [5.41, 5.74) is 0.0942. The third-order valence-electron chi connectivity index (χ3n) is 3.28. The molecule has 2 rings (SSSR count). The van der Waals surface area contributed by atoms with Gasteiger partial charge >= 0.3 is 0 Å². The highest BCUT2D eigenvalue weighted by molar-refractivity contribution is 5.28. The number of rotatable bonds is 3. The number of aromatic nitrogens is 1. The van der Waals surface area contributed by atoms with Crippen LogP contribution in [0.4, 0.5) is 0 Å². The minimum Gasteiger partial charge on any atom is -0.489 e. The second-order valence-electron chi connectivity index (χ2n) is 5.21. The number of nitrogens with one attached hydrogen (secondary N) is 1. The molecule has 2 heterocycles. The second-order valence-corrected chi connectivity index (χ2v) is 5.21. The van der Waals surface area contributed by atoms with Crippen LogP contribution in [-0.4, -0.2) is 29.3 Å². The largest absolute Gasteiger partial charge is 0.489 e. The van der Waals surface area contributed by atoms with E-state index in [0.29, 0.717) is 0 Å². The predicted molar refractivity (Wildman–Crippen MR) is 70.6 cm³/mol. The maximum Gasteiger partial charge on any atom is 0.138 e. The summed E-state index contributed by atoms with van der Waals surface area (Å²) in [6, 6.07) is 1.92. The van der Waals surface area contributed by atoms with Crippen molar-refractivity contribution in [1.82, 2.24) is 10.3 Å². The van der Waals surface area contributed by atoms with Crippen LogP contribution in [0.25, 0.3) is 0 Å². The summed E-state index contributed by atoms with van der Waals surface area (Å²) in [4.78, 5) is 4.18. The van der Waals surface area contributed by atoms with Crippen molar-refractivity contribution in [2.75, 3.05) is 13.1 Å². The monoisotopic (exact) mass is 250 g/mol. The second kappa shape index (κ2) is 5.67. The lowest BCUT2D eigenvalue weighted by atomic mass is 9.88. The van der Waals surface area contributed by atoms with Crippen molar-refractivity contribution >= 4 is 0 Å².